The summed E-state index contributed by atoms with van der Waals surface area (Å²) in [6.07, 6.45) is 4.71. The van der Waals surface area contributed by atoms with E-state index in [9.17, 15) is 4.39 Å². The molecule has 0 bridgehead atoms. The maximum absolute atomic E-state index is 12.8. The second-order valence-corrected chi connectivity index (χ2v) is 5.67. The third-order valence-corrected chi connectivity index (χ3v) is 4.01. The lowest BCUT2D eigenvalue weighted by molar-refractivity contribution is 0.150. The molecule has 0 spiro atoms. The molecular weight excluding hydrogens is 267 g/mol. The van der Waals surface area contributed by atoms with E-state index in [2.05, 4.69) is 17.1 Å². The first-order chi connectivity index (χ1) is 10.3. The van der Waals surface area contributed by atoms with Crippen molar-refractivity contribution in [3.63, 3.8) is 0 Å². The van der Waals surface area contributed by atoms with Crippen LogP contribution in [-0.4, -0.2) is 43.7 Å². The first-order valence-electron chi connectivity index (χ1n) is 8.12. The van der Waals surface area contributed by atoms with Crippen LogP contribution in [0.2, 0.25) is 0 Å². The second-order valence-electron chi connectivity index (χ2n) is 5.67. The number of nitrogens with one attached hydrogen (secondary N) is 1. The standard InChI is InChI=1S/C17H27FN2O/c1-2-12-20(16-8-10-19-11-9-16)13-3-14-21-17-6-4-15(18)5-7-17/h4-7,16,19H,2-3,8-14H2,1H3. The normalized spacial score (nSPS) is 16.3. The zero-order valence-corrected chi connectivity index (χ0v) is 13.0. The molecule has 118 valence electrons. The van der Waals surface area contributed by atoms with Gasteiger partial charge in [0.2, 0.25) is 0 Å². The van der Waals surface area contributed by atoms with Crippen LogP contribution in [0.15, 0.2) is 24.3 Å². The van der Waals surface area contributed by atoms with Crippen LogP contribution in [0.25, 0.3) is 0 Å². The molecule has 0 amide bonds. The molecule has 0 atom stereocenters. The molecule has 1 saturated heterocycles. The maximum atomic E-state index is 12.8. The van der Waals surface area contributed by atoms with Crippen LogP contribution in [0.4, 0.5) is 4.39 Å². The van der Waals surface area contributed by atoms with Crippen molar-refractivity contribution < 1.29 is 9.13 Å². The highest BCUT2D eigenvalue weighted by Crippen LogP contribution is 2.14. The fourth-order valence-electron chi connectivity index (χ4n) is 2.92. The molecule has 0 radical (unpaired) electrons. The Kier molecular flexibility index (Phi) is 6.96. The van der Waals surface area contributed by atoms with Gasteiger partial charge in [0.1, 0.15) is 11.6 Å². The fraction of sp³-hybridized carbons (Fsp3) is 0.647. The van der Waals surface area contributed by atoms with Gasteiger partial charge in [0.25, 0.3) is 0 Å². The third-order valence-electron chi connectivity index (χ3n) is 4.01. The van der Waals surface area contributed by atoms with Gasteiger partial charge in [0, 0.05) is 12.6 Å². The molecule has 3 nitrogen and oxygen atoms in total. The highest BCUT2D eigenvalue weighted by molar-refractivity contribution is 5.21. The van der Waals surface area contributed by atoms with Crippen molar-refractivity contribution in [2.24, 2.45) is 0 Å². The van der Waals surface area contributed by atoms with Crippen molar-refractivity contribution in [3.8, 4) is 5.75 Å². The van der Waals surface area contributed by atoms with Crippen LogP contribution in [0, 0.1) is 5.82 Å². The number of piperidine rings is 1. The van der Waals surface area contributed by atoms with Crippen molar-refractivity contribution in [2.75, 3.05) is 32.8 Å². The van der Waals surface area contributed by atoms with Crippen molar-refractivity contribution in [2.45, 2.75) is 38.6 Å². The Bertz CT molecular complexity index is 390. The van der Waals surface area contributed by atoms with Crippen molar-refractivity contribution in [3.05, 3.63) is 30.1 Å². The topological polar surface area (TPSA) is 24.5 Å². The van der Waals surface area contributed by atoms with Gasteiger partial charge >= 0.3 is 0 Å². The van der Waals surface area contributed by atoms with Crippen LogP contribution >= 0.6 is 0 Å². The van der Waals surface area contributed by atoms with Gasteiger partial charge < -0.3 is 15.0 Å². The largest absolute Gasteiger partial charge is 0.494 e. The molecule has 1 aliphatic rings. The summed E-state index contributed by atoms with van der Waals surface area (Å²) in [5, 5.41) is 3.42. The van der Waals surface area contributed by atoms with Crippen molar-refractivity contribution in [1.82, 2.24) is 10.2 Å². The minimum Gasteiger partial charge on any atom is -0.494 e. The number of rotatable bonds is 8. The molecular formula is C17H27FN2O. The number of hydrogen-bond donors (Lipinski definition) is 1. The SMILES string of the molecule is CCCN(CCCOc1ccc(F)cc1)C1CCNCC1. The summed E-state index contributed by atoms with van der Waals surface area (Å²) < 4.78 is 18.5. The molecule has 0 aliphatic carbocycles. The zero-order valence-electron chi connectivity index (χ0n) is 13.0. The van der Waals surface area contributed by atoms with Crippen LogP contribution in [0.5, 0.6) is 5.75 Å². The van der Waals surface area contributed by atoms with E-state index in [4.69, 9.17) is 4.74 Å². The Balaban J connectivity index is 1.70. The maximum Gasteiger partial charge on any atom is 0.123 e. The summed E-state index contributed by atoms with van der Waals surface area (Å²) in [5.41, 5.74) is 0. The predicted molar refractivity (Wildman–Crippen MR) is 84.3 cm³/mol. The fourth-order valence-corrected chi connectivity index (χ4v) is 2.92. The van der Waals surface area contributed by atoms with Gasteiger partial charge in [0.05, 0.1) is 6.61 Å². The number of hydrogen-bond acceptors (Lipinski definition) is 3. The summed E-state index contributed by atoms with van der Waals surface area (Å²) >= 11 is 0. The molecule has 1 N–H and O–H groups in total. The molecule has 1 fully saturated rings. The summed E-state index contributed by atoms with van der Waals surface area (Å²) in [7, 11) is 0. The van der Waals surface area contributed by atoms with E-state index in [1.54, 1.807) is 12.1 Å². The molecule has 1 aromatic rings. The lowest BCUT2D eigenvalue weighted by atomic mass is 10.0. The molecule has 4 heteroatoms. The summed E-state index contributed by atoms with van der Waals surface area (Å²) in [5.74, 6) is 0.530. The van der Waals surface area contributed by atoms with Crippen LogP contribution in [-0.2, 0) is 0 Å². The lowest BCUT2D eigenvalue weighted by Gasteiger charge is -2.34. The van der Waals surface area contributed by atoms with Crippen LogP contribution in [0.3, 0.4) is 0 Å². The lowest BCUT2D eigenvalue weighted by Crippen LogP contribution is -2.44. The van der Waals surface area contributed by atoms with Gasteiger partial charge in [-0.25, -0.2) is 4.39 Å². The molecule has 1 aromatic carbocycles. The second kappa shape index (κ2) is 9.00. The van der Waals surface area contributed by atoms with E-state index in [1.807, 2.05) is 0 Å². The molecule has 0 saturated carbocycles. The minimum atomic E-state index is -0.220. The smallest absolute Gasteiger partial charge is 0.123 e. The van der Waals surface area contributed by atoms with Gasteiger partial charge in [0.15, 0.2) is 0 Å². The molecule has 2 rings (SSSR count). The number of ether oxygens (including phenoxy) is 1. The highest BCUT2D eigenvalue weighted by Gasteiger charge is 2.19. The van der Waals surface area contributed by atoms with Crippen LogP contribution in [0.1, 0.15) is 32.6 Å². The molecule has 0 unspecified atom stereocenters. The Morgan fingerprint density at radius 1 is 1.19 bits per heavy atom. The minimum absolute atomic E-state index is 0.220. The number of halogens is 1. The van der Waals surface area contributed by atoms with E-state index < -0.39 is 0 Å². The van der Waals surface area contributed by atoms with Crippen LogP contribution < -0.4 is 10.1 Å². The van der Waals surface area contributed by atoms with Gasteiger partial charge in [-0.05, 0) is 69.6 Å². The summed E-state index contributed by atoms with van der Waals surface area (Å²) in [4.78, 5) is 2.61. The highest BCUT2D eigenvalue weighted by atomic mass is 19.1. The van der Waals surface area contributed by atoms with Gasteiger partial charge in [-0.1, -0.05) is 6.92 Å². The Morgan fingerprint density at radius 3 is 2.57 bits per heavy atom. The average Bonchev–Trinajstić information content (AvgIpc) is 2.53. The monoisotopic (exact) mass is 294 g/mol. The van der Waals surface area contributed by atoms with Gasteiger partial charge in [-0.3, -0.25) is 0 Å². The number of nitrogens with zero attached hydrogens (tertiary/aromatic N) is 1. The van der Waals surface area contributed by atoms with Crippen molar-refractivity contribution >= 4 is 0 Å². The quantitative estimate of drug-likeness (QED) is 0.746. The van der Waals surface area contributed by atoms with E-state index in [0.717, 1.165) is 37.8 Å². The third kappa shape index (κ3) is 5.64. The number of benzene rings is 1. The van der Waals surface area contributed by atoms with Gasteiger partial charge in [-0.15, -0.1) is 0 Å². The van der Waals surface area contributed by atoms with Gasteiger partial charge in [-0.2, -0.15) is 0 Å². The summed E-state index contributed by atoms with van der Waals surface area (Å²) in [6, 6.07) is 6.97. The first-order valence-corrected chi connectivity index (χ1v) is 8.12. The molecule has 21 heavy (non-hydrogen) atoms. The van der Waals surface area contributed by atoms with E-state index in [0.29, 0.717) is 6.61 Å². The molecule has 1 aliphatic heterocycles. The average molecular weight is 294 g/mol. The Morgan fingerprint density at radius 2 is 1.90 bits per heavy atom. The van der Waals surface area contributed by atoms with E-state index in [1.165, 1.54) is 37.9 Å². The zero-order chi connectivity index (χ0) is 14.9. The predicted octanol–water partition coefficient (Wildman–Crippen LogP) is 3.06. The first kappa shape index (κ1) is 16.2. The Labute approximate surface area is 127 Å². The van der Waals surface area contributed by atoms with Crippen molar-refractivity contribution in [1.29, 1.82) is 0 Å². The molecule has 0 aromatic heterocycles. The molecule has 1 heterocycles. The van der Waals surface area contributed by atoms with E-state index in [-0.39, 0.29) is 5.82 Å². The Hall–Kier alpha value is -1.13. The van der Waals surface area contributed by atoms with E-state index >= 15 is 0 Å². The summed E-state index contributed by atoms with van der Waals surface area (Å²) in [6.45, 7) is 7.45.